The van der Waals surface area contributed by atoms with Crippen molar-refractivity contribution in [3.8, 4) is 11.8 Å². The Morgan fingerprint density at radius 1 is 0.892 bits per heavy atom. The van der Waals surface area contributed by atoms with Gasteiger partial charge < -0.3 is 9.72 Å². The number of aromatic amines is 1. The molecule has 5 aromatic rings. The highest BCUT2D eigenvalue weighted by Gasteiger charge is 2.27. The van der Waals surface area contributed by atoms with E-state index in [1.807, 2.05) is 66.7 Å². The van der Waals surface area contributed by atoms with Gasteiger partial charge in [-0.2, -0.15) is 4.72 Å². The summed E-state index contributed by atoms with van der Waals surface area (Å²) >= 11 is 0. The van der Waals surface area contributed by atoms with Gasteiger partial charge in [0.15, 0.2) is 0 Å². The fraction of sp³-hybridized carbons (Fsp3) is 0.100. The van der Waals surface area contributed by atoms with Crippen LogP contribution in [0.5, 0.6) is 0 Å². The molecule has 0 spiro atoms. The van der Waals surface area contributed by atoms with Crippen LogP contribution in [0, 0.1) is 11.8 Å². The first kappa shape index (κ1) is 24.3. The summed E-state index contributed by atoms with van der Waals surface area (Å²) in [5.74, 6) is 5.54. The zero-order valence-corrected chi connectivity index (χ0v) is 20.9. The highest BCUT2D eigenvalue weighted by atomic mass is 32.2. The number of fused-ring (bicyclic) bond motifs is 2. The lowest BCUT2D eigenvalue weighted by Gasteiger charge is -2.16. The van der Waals surface area contributed by atoms with Crippen LogP contribution in [-0.4, -0.2) is 32.5 Å². The SMILES string of the molecule is COC(=O)[C@@H](Cc1c[nH]c2ccccc12)NS(=O)(=O)c1ccc(C#Cc2ccc3ccccc3c2)cc1. The standard InChI is InChI=1S/C30H24N2O4S/c1-36-30(33)29(19-25-20-31-28-9-5-4-8-27(25)28)32-37(34,35)26-16-13-21(14-17-26)10-11-22-12-15-23-6-2-3-7-24(23)18-22/h2-9,12-18,20,29,31-32H,19H2,1H3/t29-/m1/s1. The molecule has 37 heavy (non-hydrogen) atoms. The molecule has 0 saturated heterocycles. The predicted octanol–water partition coefficient (Wildman–Crippen LogP) is 4.78. The third-order valence-electron chi connectivity index (χ3n) is 6.15. The first-order chi connectivity index (χ1) is 17.9. The third-order valence-corrected chi connectivity index (χ3v) is 7.63. The molecule has 0 fully saturated rings. The van der Waals surface area contributed by atoms with Crippen LogP contribution < -0.4 is 4.72 Å². The van der Waals surface area contributed by atoms with E-state index in [0.29, 0.717) is 5.56 Å². The van der Waals surface area contributed by atoms with Gasteiger partial charge in [-0.05, 0) is 58.8 Å². The number of rotatable bonds is 6. The van der Waals surface area contributed by atoms with Crippen molar-refractivity contribution in [3.63, 3.8) is 0 Å². The van der Waals surface area contributed by atoms with Gasteiger partial charge >= 0.3 is 5.97 Å². The van der Waals surface area contributed by atoms with Crippen LogP contribution in [0.25, 0.3) is 21.7 Å². The lowest BCUT2D eigenvalue weighted by atomic mass is 10.1. The minimum atomic E-state index is -3.99. The van der Waals surface area contributed by atoms with Gasteiger partial charge in [-0.1, -0.05) is 60.4 Å². The zero-order chi connectivity index (χ0) is 25.8. The van der Waals surface area contributed by atoms with Crippen molar-refractivity contribution in [2.75, 3.05) is 7.11 Å². The van der Waals surface area contributed by atoms with Gasteiger partial charge in [-0.25, -0.2) is 8.42 Å². The Morgan fingerprint density at radius 2 is 1.57 bits per heavy atom. The quantitative estimate of drug-likeness (QED) is 0.255. The average molecular weight is 509 g/mol. The van der Waals surface area contributed by atoms with E-state index in [4.69, 9.17) is 4.74 Å². The second-order valence-corrected chi connectivity index (χ2v) is 10.3. The van der Waals surface area contributed by atoms with Crippen LogP contribution in [0.1, 0.15) is 16.7 Å². The molecule has 0 unspecified atom stereocenters. The number of esters is 1. The molecular weight excluding hydrogens is 484 g/mol. The molecule has 0 radical (unpaired) electrons. The van der Waals surface area contributed by atoms with E-state index in [1.54, 1.807) is 18.3 Å². The van der Waals surface area contributed by atoms with Crippen molar-refractivity contribution >= 4 is 37.7 Å². The summed E-state index contributed by atoms with van der Waals surface area (Å²) in [5.41, 5.74) is 3.27. The van der Waals surface area contributed by atoms with E-state index < -0.39 is 22.0 Å². The van der Waals surface area contributed by atoms with Crippen molar-refractivity contribution in [1.29, 1.82) is 0 Å². The number of aromatic nitrogens is 1. The fourth-order valence-electron chi connectivity index (χ4n) is 4.22. The van der Waals surface area contributed by atoms with Crippen LogP contribution in [0.4, 0.5) is 0 Å². The highest BCUT2D eigenvalue weighted by molar-refractivity contribution is 7.89. The molecule has 1 heterocycles. The number of nitrogens with one attached hydrogen (secondary N) is 2. The lowest BCUT2D eigenvalue weighted by Crippen LogP contribution is -2.42. The maximum atomic E-state index is 13.1. The molecule has 4 aromatic carbocycles. The van der Waals surface area contributed by atoms with E-state index >= 15 is 0 Å². The van der Waals surface area contributed by atoms with Crippen molar-refractivity contribution in [3.05, 3.63) is 114 Å². The molecule has 0 aliphatic heterocycles. The van der Waals surface area contributed by atoms with Gasteiger partial charge in [-0.15, -0.1) is 0 Å². The molecule has 0 amide bonds. The van der Waals surface area contributed by atoms with Gasteiger partial charge in [0.25, 0.3) is 0 Å². The summed E-state index contributed by atoms with van der Waals surface area (Å²) in [6.07, 6.45) is 1.92. The predicted molar refractivity (Wildman–Crippen MR) is 144 cm³/mol. The summed E-state index contributed by atoms with van der Waals surface area (Å²) in [6, 6.07) is 26.9. The van der Waals surface area contributed by atoms with E-state index in [-0.39, 0.29) is 11.3 Å². The molecule has 7 heteroatoms. The maximum Gasteiger partial charge on any atom is 0.324 e. The number of hydrogen-bond donors (Lipinski definition) is 2. The normalized spacial score (nSPS) is 12.1. The Hall–Kier alpha value is -4.38. The number of H-pyrrole nitrogens is 1. The Balaban J connectivity index is 1.34. The van der Waals surface area contributed by atoms with Crippen LogP contribution in [0.3, 0.4) is 0 Å². The number of methoxy groups -OCH3 is 1. The second-order valence-electron chi connectivity index (χ2n) is 8.60. The molecule has 1 atom stereocenters. The average Bonchev–Trinajstić information content (AvgIpc) is 3.34. The van der Waals surface area contributed by atoms with E-state index in [1.165, 1.54) is 19.2 Å². The Morgan fingerprint density at radius 3 is 2.35 bits per heavy atom. The summed E-state index contributed by atoms with van der Waals surface area (Å²) < 4.78 is 33.6. The number of para-hydroxylation sites is 1. The monoisotopic (exact) mass is 508 g/mol. The van der Waals surface area contributed by atoms with Crippen molar-refractivity contribution in [2.45, 2.75) is 17.4 Å². The van der Waals surface area contributed by atoms with Crippen LogP contribution in [0.15, 0.2) is 102 Å². The molecule has 184 valence electrons. The van der Waals surface area contributed by atoms with Crippen molar-refractivity contribution < 1.29 is 17.9 Å². The van der Waals surface area contributed by atoms with Gasteiger partial charge in [0, 0.05) is 34.6 Å². The van der Waals surface area contributed by atoms with Crippen LogP contribution >= 0.6 is 0 Å². The number of ether oxygens (including phenoxy) is 1. The number of sulfonamides is 1. The van der Waals surface area contributed by atoms with Crippen molar-refractivity contribution in [1.82, 2.24) is 9.71 Å². The molecule has 0 saturated carbocycles. The van der Waals surface area contributed by atoms with Gasteiger partial charge in [0.05, 0.1) is 12.0 Å². The van der Waals surface area contributed by atoms with E-state index in [9.17, 15) is 13.2 Å². The topological polar surface area (TPSA) is 88.3 Å². The zero-order valence-electron chi connectivity index (χ0n) is 20.1. The first-order valence-corrected chi connectivity index (χ1v) is 13.2. The minimum absolute atomic E-state index is 0.0385. The Bertz CT molecular complexity index is 1760. The number of benzene rings is 4. The summed E-state index contributed by atoms with van der Waals surface area (Å²) in [6.45, 7) is 0. The van der Waals surface area contributed by atoms with Crippen LogP contribution in [0.2, 0.25) is 0 Å². The summed E-state index contributed by atoms with van der Waals surface area (Å²) in [5, 5.41) is 3.17. The van der Waals surface area contributed by atoms with Crippen molar-refractivity contribution in [2.24, 2.45) is 0 Å². The Kier molecular flexibility index (Phi) is 6.78. The maximum absolute atomic E-state index is 13.1. The number of carbonyl (C=O) groups excluding carboxylic acids is 1. The smallest absolute Gasteiger partial charge is 0.324 e. The molecule has 0 bridgehead atoms. The largest absolute Gasteiger partial charge is 0.468 e. The van der Waals surface area contributed by atoms with E-state index in [2.05, 4.69) is 21.5 Å². The number of hydrogen-bond acceptors (Lipinski definition) is 4. The second kappa shape index (κ2) is 10.3. The summed E-state index contributed by atoms with van der Waals surface area (Å²) in [4.78, 5) is 15.6. The molecule has 1 aromatic heterocycles. The third kappa shape index (κ3) is 5.41. The van der Waals surface area contributed by atoms with Gasteiger partial charge in [-0.3, -0.25) is 4.79 Å². The summed E-state index contributed by atoms with van der Waals surface area (Å²) in [7, 11) is -2.75. The molecule has 0 aliphatic carbocycles. The molecule has 5 rings (SSSR count). The minimum Gasteiger partial charge on any atom is -0.468 e. The van der Waals surface area contributed by atoms with Gasteiger partial charge in [0.1, 0.15) is 6.04 Å². The molecule has 0 aliphatic rings. The number of carbonyl (C=O) groups is 1. The molecule has 2 N–H and O–H groups in total. The molecule has 6 nitrogen and oxygen atoms in total. The highest BCUT2D eigenvalue weighted by Crippen LogP contribution is 2.21. The first-order valence-electron chi connectivity index (χ1n) is 11.7. The van der Waals surface area contributed by atoms with E-state index in [0.717, 1.165) is 32.8 Å². The molecular formula is C30H24N2O4S. The Labute approximate surface area is 215 Å². The van der Waals surface area contributed by atoms with Crippen LogP contribution in [-0.2, 0) is 26.0 Å². The lowest BCUT2D eigenvalue weighted by molar-refractivity contribution is -0.142. The van der Waals surface area contributed by atoms with Gasteiger partial charge in [0.2, 0.25) is 10.0 Å². The fourth-order valence-corrected chi connectivity index (χ4v) is 5.40.